The van der Waals surface area contributed by atoms with Gasteiger partial charge in [-0.25, -0.2) is 4.79 Å². The number of aliphatic carboxylic acids is 1. The summed E-state index contributed by atoms with van der Waals surface area (Å²) in [5.74, 6) is -3.88. The van der Waals surface area contributed by atoms with Crippen LogP contribution in [-0.2, 0) is 4.79 Å². The maximum Gasteiger partial charge on any atom is 0.399 e. The highest BCUT2D eigenvalue weighted by Crippen LogP contribution is 2.41. The van der Waals surface area contributed by atoms with E-state index in [9.17, 15) is 22.8 Å². The highest BCUT2D eigenvalue weighted by molar-refractivity contribution is 9.10. The van der Waals surface area contributed by atoms with Crippen molar-refractivity contribution in [2.24, 2.45) is 0 Å². The molecule has 2 rings (SSSR count). The van der Waals surface area contributed by atoms with Crippen molar-refractivity contribution in [3.05, 3.63) is 72.6 Å². The number of hydrogen-bond acceptors (Lipinski definition) is 2. The number of rotatable bonds is 6. The zero-order valence-electron chi connectivity index (χ0n) is 16.5. The third-order valence-corrected chi connectivity index (χ3v) is 6.25. The number of benzene rings is 2. The topological polar surface area (TPSA) is 66.4 Å². The van der Waals surface area contributed by atoms with Gasteiger partial charge in [0.1, 0.15) is 5.54 Å². The number of allylic oxidation sites excluding steroid dienone is 1. The van der Waals surface area contributed by atoms with E-state index in [2.05, 4.69) is 21.2 Å². The van der Waals surface area contributed by atoms with Gasteiger partial charge in [-0.1, -0.05) is 53.0 Å². The van der Waals surface area contributed by atoms with E-state index < -0.39 is 29.5 Å². The van der Waals surface area contributed by atoms with Gasteiger partial charge in [-0.3, -0.25) is 4.79 Å². The molecule has 1 amide bonds. The first kappa shape index (κ1) is 26.5. The van der Waals surface area contributed by atoms with Crippen molar-refractivity contribution in [2.45, 2.75) is 31.5 Å². The predicted molar refractivity (Wildman–Crippen MR) is 123 cm³/mol. The summed E-state index contributed by atoms with van der Waals surface area (Å²) < 4.78 is 41.3. The molecule has 32 heavy (non-hydrogen) atoms. The quantitative estimate of drug-likeness (QED) is 0.355. The molecule has 0 spiro atoms. The Hall–Kier alpha value is -1.74. The summed E-state index contributed by atoms with van der Waals surface area (Å²) in [5, 5.41) is 11.3. The molecule has 11 heteroatoms. The van der Waals surface area contributed by atoms with Crippen molar-refractivity contribution >= 4 is 68.7 Å². The SMILES string of the molecule is CC(C)(NC(=O)c1ccc(/C=C/C(c2cc(Cl)c(Cl)c(Cl)c2)C(F)(F)F)cc1Br)C(=O)O. The lowest BCUT2D eigenvalue weighted by Gasteiger charge is -2.21. The van der Waals surface area contributed by atoms with E-state index in [4.69, 9.17) is 39.9 Å². The average Bonchev–Trinajstić information content (AvgIpc) is 2.64. The van der Waals surface area contributed by atoms with Gasteiger partial charge in [-0.05, 0) is 65.2 Å². The minimum atomic E-state index is -4.63. The van der Waals surface area contributed by atoms with E-state index in [0.717, 1.165) is 18.2 Å². The predicted octanol–water partition coefficient (Wildman–Crippen LogP) is 7.36. The standard InChI is InChI=1S/C21H16BrCl3F3NO3/c1-20(2,19(31)32)29-18(30)12-5-3-10(7-14(12)22)4-6-13(21(26,27)28)11-8-15(23)17(25)16(24)9-11/h3-9,13H,1-2H3,(H,29,30)(H,31,32)/b6-4+. The molecule has 1 unspecified atom stereocenters. The fraction of sp³-hybridized carbons (Fsp3) is 0.238. The lowest BCUT2D eigenvalue weighted by Crippen LogP contribution is -2.49. The van der Waals surface area contributed by atoms with Crippen LogP contribution in [0.4, 0.5) is 13.2 Å². The second kappa shape index (κ2) is 10.0. The fourth-order valence-electron chi connectivity index (χ4n) is 2.60. The molecule has 2 aromatic rings. The summed E-state index contributed by atoms with van der Waals surface area (Å²) in [6, 6.07) is 6.45. The van der Waals surface area contributed by atoms with Gasteiger partial charge < -0.3 is 10.4 Å². The molecule has 0 heterocycles. The van der Waals surface area contributed by atoms with E-state index in [1.165, 1.54) is 38.1 Å². The molecule has 4 nitrogen and oxygen atoms in total. The van der Waals surface area contributed by atoms with Crippen LogP contribution in [0.3, 0.4) is 0 Å². The van der Waals surface area contributed by atoms with Crippen LogP contribution in [0.5, 0.6) is 0 Å². The summed E-state index contributed by atoms with van der Waals surface area (Å²) >= 11 is 20.8. The zero-order chi connectivity index (χ0) is 24.4. The van der Waals surface area contributed by atoms with Crippen LogP contribution in [0.25, 0.3) is 6.08 Å². The average molecular weight is 574 g/mol. The Morgan fingerprint density at radius 1 is 1.09 bits per heavy atom. The molecule has 0 aliphatic heterocycles. The molecule has 0 saturated carbocycles. The third kappa shape index (κ3) is 6.41. The van der Waals surface area contributed by atoms with Crippen LogP contribution >= 0.6 is 50.7 Å². The van der Waals surface area contributed by atoms with Gasteiger partial charge in [0.15, 0.2) is 0 Å². The highest BCUT2D eigenvalue weighted by Gasteiger charge is 2.39. The highest BCUT2D eigenvalue weighted by atomic mass is 79.9. The Balaban J connectivity index is 2.34. The number of carboxylic acid groups (broad SMARTS) is 1. The van der Waals surface area contributed by atoms with Gasteiger partial charge >= 0.3 is 12.1 Å². The molecule has 2 aromatic carbocycles. The number of halogens is 7. The number of nitrogens with one attached hydrogen (secondary N) is 1. The Morgan fingerprint density at radius 2 is 1.66 bits per heavy atom. The van der Waals surface area contributed by atoms with Gasteiger partial charge in [0.05, 0.1) is 26.5 Å². The lowest BCUT2D eigenvalue weighted by molar-refractivity contribution is -0.143. The molecule has 0 aliphatic rings. The van der Waals surface area contributed by atoms with Crippen molar-refractivity contribution in [3.63, 3.8) is 0 Å². The van der Waals surface area contributed by atoms with E-state index in [1.54, 1.807) is 0 Å². The Kier molecular flexibility index (Phi) is 8.31. The minimum Gasteiger partial charge on any atom is -0.480 e. The van der Waals surface area contributed by atoms with Gasteiger partial charge in [0, 0.05) is 4.47 Å². The van der Waals surface area contributed by atoms with Crippen LogP contribution in [0.1, 0.15) is 41.3 Å². The van der Waals surface area contributed by atoms with Crippen LogP contribution < -0.4 is 5.32 Å². The number of carboxylic acids is 1. The molecule has 0 aliphatic carbocycles. The van der Waals surface area contributed by atoms with Crippen molar-refractivity contribution < 1.29 is 27.9 Å². The van der Waals surface area contributed by atoms with Crippen LogP contribution in [0, 0.1) is 0 Å². The third-order valence-electron chi connectivity index (χ3n) is 4.40. The molecule has 0 saturated heterocycles. The second-order valence-corrected chi connectivity index (χ2v) is 9.35. The molecule has 0 radical (unpaired) electrons. The first-order valence-electron chi connectivity index (χ1n) is 8.88. The summed E-state index contributed by atoms with van der Waals surface area (Å²) in [7, 11) is 0. The van der Waals surface area contributed by atoms with Gasteiger partial charge in [-0.15, -0.1) is 0 Å². The first-order chi connectivity index (χ1) is 14.6. The van der Waals surface area contributed by atoms with E-state index in [0.29, 0.717) is 5.56 Å². The molecule has 1 atom stereocenters. The summed E-state index contributed by atoms with van der Waals surface area (Å²) in [5.41, 5.74) is -1.19. The van der Waals surface area contributed by atoms with Crippen LogP contribution in [0.15, 0.2) is 40.9 Å². The molecule has 0 aromatic heterocycles. The maximum absolute atomic E-state index is 13.7. The summed E-state index contributed by atoms with van der Waals surface area (Å²) in [4.78, 5) is 23.5. The molecule has 0 bridgehead atoms. The summed E-state index contributed by atoms with van der Waals surface area (Å²) in [6.07, 6.45) is -2.45. The lowest BCUT2D eigenvalue weighted by atomic mass is 9.97. The molecular formula is C21H16BrCl3F3NO3. The van der Waals surface area contributed by atoms with Crippen molar-refractivity contribution in [1.82, 2.24) is 5.32 Å². The van der Waals surface area contributed by atoms with Crippen molar-refractivity contribution in [3.8, 4) is 0 Å². The Bertz CT molecular complexity index is 1060. The minimum absolute atomic E-state index is 0.0362. The second-order valence-electron chi connectivity index (χ2n) is 7.30. The number of alkyl halides is 3. The Labute approximate surface area is 205 Å². The molecule has 2 N–H and O–H groups in total. The normalized spacial score (nSPS) is 13.3. The van der Waals surface area contributed by atoms with Gasteiger partial charge in [0.2, 0.25) is 0 Å². The maximum atomic E-state index is 13.7. The number of amides is 1. The Morgan fingerprint density at radius 3 is 2.12 bits per heavy atom. The number of carbonyl (C=O) groups excluding carboxylic acids is 1. The molecule has 172 valence electrons. The smallest absolute Gasteiger partial charge is 0.399 e. The number of carbonyl (C=O) groups is 2. The van der Waals surface area contributed by atoms with Crippen molar-refractivity contribution in [1.29, 1.82) is 0 Å². The van der Waals surface area contributed by atoms with Gasteiger partial charge in [-0.2, -0.15) is 13.2 Å². The van der Waals surface area contributed by atoms with Crippen molar-refractivity contribution in [2.75, 3.05) is 0 Å². The molecular weight excluding hydrogens is 557 g/mol. The van der Waals surface area contributed by atoms with E-state index in [1.807, 2.05) is 0 Å². The van der Waals surface area contributed by atoms with Crippen LogP contribution in [-0.4, -0.2) is 28.7 Å². The fourth-order valence-corrected chi connectivity index (χ4v) is 3.78. The largest absolute Gasteiger partial charge is 0.480 e. The monoisotopic (exact) mass is 571 g/mol. The first-order valence-corrected chi connectivity index (χ1v) is 10.8. The number of hydrogen-bond donors (Lipinski definition) is 2. The van der Waals surface area contributed by atoms with E-state index in [-0.39, 0.29) is 30.7 Å². The summed E-state index contributed by atoms with van der Waals surface area (Å²) in [6.45, 7) is 2.65. The zero-order valence-corrected chi connectivity index (χ0v) is 20.4. The van der Waals surface area contributed by atoms with Crippen LogP contribution in [0.2, 0.25) is 15.1 Å². The van der Waals surface area contributed by atoms with Gasteiger partial charge in [0.25, 0.3) is 5.91 Å². The molecule has 0 fully saturated rings. The van der Waals surface area contributed by atoms with E-state index >= 15 is 0 Å².